The summed E-state index contributed by atoms with van der Waals surface area (Å²) in [5.74, 6) is -0.0396. The van der Waals surface area contributed by atoms with Crippen molar-refractivity contribution in [3.8, 4) is 0 Å². The van der Waals surface area contributed by atoms with Gasteiger partial charge < -0.3 is 15.4 Å². The topological polar surface area (TPSA) is 67.4 Å². The number of carbonyl (C=O) groups excluding carboxylic acids is 2. The lowest BCUT2D eigenvalue weighted by molar-refractivity contribution is -0.129. The second-order valence-electron chi connectivity index (χ2n) is 7.69. The monoisotopic (exact) mass is 394 g/mol. The van der Waals surface area contributed by atoms with E-state index in [1.54, 1.807) is 0 Å². The molecule has 0 aromatic heterocycles. The Balaban J connectivity index is 1.56. The van der Waals surface area contributed by atoms with Crippen LogP contribution in [0.15, 0.2) is 54.6 Å². The zero-order valence-electron chi connectivity index (χ0n) is 17.0. The van der Waals surface area contributed by atoms with Gasteiger partial charge in [-0.2, -0.15) is 0 Å². The summed E-state index contributed by atoms with van der Waals surface area (Å²) in [6.07, 6.45) is 4.22. The number of nitrogens with one attached hydrogen (secondary N) is 2. The number of benzene rings is 2. The highest BCUT2D eigenvalue weighted by Crippen LogP contribution is 2.28. The van der Waals surface area contributed by atoms with Crippen LogP contribution in [-0.2, 0) is 34.1 Å². The van der Waals surface area contributed by atoms with Crippen LogP contribution in [-0.4, -0.2) is 17.9 Å². The van der Waals surface area contributed by atoms with E-state index in [2.05, 4.69) is 10.6 Å². The lowest BCUT2D eigenvalue weighted by Crippen LogP contribution is -2.49. The molecule has 0 aliphatic heterocycles. The maximum absolute atomic E-state index is 12.8. The van der Waals surface area contributed by atoms with E-state index < -0.39 is 6.04 Å². The van der Waals surface area contributed by atoms with Crippen molar-refractivity contribution in [3.63, 3.8) is 0 Å². The van der Waals surface area contributed by atoms with Crippen molar-refractivity contribution in [3.05, 3.63) is 71.3 Å². The van der Waals surface area contributed by atoms with E-state index in [4.69, 9.17) is 4.74 Å². The van der Waals surface area contributed by atoms with Crippen LogP contribution in [0.1, 0.15) is 49.3 Å². The summed E-state index contributed by atoms with van der Waals surface area (Å²) in [4.78, 5) is 24.4. The minimum Gasteiger partial charge on any atom is -0.372 e. The van der Waals surface area contributed by atoms with Gasteiger partial charge in [0.1, 0.15) is 6.04 Å². The normalized spacial score (nSPS) is 15.1. The quantitative estimate of drug-likeness (QED) is 0.681. The van der Waals surface area contributed by atoms with E-state index in [0.717, 1.165) is 42.4 Å². The number of ether oxygens (including phenoxy) is 1. The molecular formula is C24H30N2O3. The number of rotatable bonds is 9. The molecule has 0 heterocycles. The van der Waals surface area contributed by atoms with Crippen molar-refractivity contribution >= 4 is 11.8 Å². The van der Waals surface area contributed by atoms with Gasteiger partial charge in [0.05, 0.1) is 13.2 Å². The van der Waals surface area contributed by atoms with Gasteiger partial charge >= 0.3 is 0 Å². The first-order valence-electron chi connectivity index (χ1n) is 10.4. The van der Waals surface area contributed by atoms with Crippen molar-refractivity contribution in [2.75, 3.05) is 0 Å². The number of hydrogen-bond donors (Lipinski definition) is 2. The van der Waals surface area contributed by atoms with Crippen LogP contribution >= 0.6 is 0 Å². The molecule has 3 rings (SSSR count). The highest BCUT2D eigenvalue weighted by molar-refractivity contribution is 5.87. The molecule has 29 heavy (non-hydrogen) atoms. The Labute approximate surface area is 172 Å². The summed E-state index contributed by atoms with van der Waals surface area (Å²) in [6, 6.07) is 17.6. The molecule has 2 aromatic carbocycles. The Bertz CT molecular complexity index is 801. The van der Waals surface area contributed by atoms with Gasteiger partial charge in [0.2, 0.25) is 11.8 Å². The maximum Gasteiger partial charge on any atom is 0.243 e. The first-order chi connectivity index (χ1) is 14.1. The molecule has 2 N–H and O–H groups in total. The minimum atomic E-state index is -0.448. The molecule has 1 fully saturated rings. The van der Waals surface area contributed by atoms with Crippen LogP contribution in [0.5, 0.6) is 0 Å². The Morgan fingerprint density at radius 2 is 1.62 bits per heavy atom. The zero-order chi connectivity index (χ0) is 20.5. The summed E-state index contributed by atoms with van der Waals surface area (Å²) in [5.41, 5.74) is 3.22. The molecule has 154 valence electrons. The second-order valence-corrected chi connectivity index (χ2v) is 7.69. The second kappa shape index (κ2) is 10.8. The van der Waals surface area contributed by atoms with Gasteiger partial charge in [0, 0.05) is 13.5 Å². The fraction of sp³-hybridized carbons (Fsp3) is 0.417. The van der Waals surface area contributed by atoms with Gasteiger partial charge in [0.25, 0.3) is 0 Å². The number of hydrogen-bond acceptors (Lipinski definition) is 3. The highest BCUT2D eigenvalue weighted by Gasteiger charge is 2.31. The average Bonchev–Trinajstić information content (AvgIpc) is 3.26. The average molecular weight is 395 g/mol. The Hall–Kier alpha value is -2.66. The smallest absolute Gasteiger partial charge is 0.243 e. The molecular weight excluding hydrogens is 364 g/mol. The maximum atomic E-state index is 12.8. The summed E-state index contributed by atoms with van der Waals surface area (Å²) < 4.78 is 5.86. The van der Waals surface area contributed by atoms with Crippen molar-refractivity contribution in [2.45, 2.75) is 58.4 Å². The van der Waals surface area contributed by atoms with E-state index in [9.17, 15) is 9.59 Å². The van der Waals surface area contributed by atoms with Gasteiger partial charge in [-0.05, 0) is 35.4 Å². The third kappa shape index (κ3) is 6.43. The van der Waals surface area contributed by atoms with Crippen LogP contribution in [0, 0.1) is 5.92 Å². The number of carbonyl (C=O) groups is 2. The Kier molecular flexibility index (Phi) is 7.82. The summed E-state index contributed by atoms with van der Waals surface area (Å²) in [5, 5.41) is 5.87. The molecule has 1 aliphatic rings. The van der Waals surface area contributed by atoms with Crippen molar-refractivity contribution < 1.29 is 14.3 Å². The Morgan fingerprint density at radius 1 is 0.966 bits per heavy atom. The van der Waals surface area contributed by atoms with E-state index in [1.165, 1.54) is 6.92 Å². The predicted octanol–water partition coefficient (Wildman–Crippen LogP) is 3.71. The van der Waals surface area contributed by atoms with Gasteiger partial charge in [0.15, 0.2) is 0 Å². The van der Waals surface area contributed by atoms with Crippen LogP contribution in [0.3, 0.4) is 0 Å². The first kappa shape index (κ1) is 21.1. The van der Waals surface area contributed by atoms with Crippen molar-refractivity contribution in [1.29, 1.82) is 0 Å². The molecule has 0 radical (unpaired) electrons. The zero-order valence-corrected chi connectivity index (χ0v) is 17.0. The lowest BCUT2D eigenvalue weighted by atomic mass is 9.97. The highest BCUT2D eigenvalue weighted by atomic mass is 16.5. The summed E-state index contributed by atoms with van der Waals surface area (Å²) in [6.45, 7) is 2.92. The minimum absolute atomic E-state index is 0.105. The Morgan fingerprint density at radius 3 is 2.31 bits per heavy atom. The fourth-order valence-electron chi connectivity index (χ4n) is 3.92. The van der Waals surface area contributed by atoms with Gasteiger partial charge in [-0.15, -0.1) is 0 Å². The summed E-state index contributed by atoms with van der Waals surface area (Å²) in [7, 11) is 0. The summed E-state index contributed by atoms with van der Waals surface area (Å²) >= 11 is 0. The van der Waals surface area contributed by atoms with Crippen LogP contribution in [0.25, 0.3) is 0 Å². The third-order valence-corrected chi connectivity index (χ3v) is 5.45. The first-order valence-corrected chi connectivity index (χ1v) is 10.4. The van der Waals surface area contributed by atoms with Crippen molar-refractivity contribution in [1.82, 2.24) is 10.6 Å². The molecule has 0 spiro atoms. The van der Waals surface area contributed by atoms with E-state index in [1.807, 2.05) is 54.6 Å². The van der Waals surface area contributed by atoms with Gasteiger partial charge in [-0.1, -0.05) is 67.4 Å². The molecule has 1 atom stereocenters. The van der Waals surface area contributed by atoms with Gasteiger partial charge in [-0.3, -0.25) is 9.59 Å². The van der Waals surface area contributed by atoms with E-state index in [0.29, 0.717) is 19.8 Å². The van der Waals surface area contributed by atoms with Crippen molar-refractivity contribution in [2.24, 2.45) is 5.92 Å². The molecule has 5 nitrogen and oxygen atoms in total. The molecule has 0 saturated heterocycles. The van der Waals surface area contributed by atoms with Crippen LogP contribution in [0.4, 0.5) is 0 Å². The fourth-order valence-corrected chi connectivity index (χ4v) is 3.92. The molecule has 2 aromatic rings. The standard InChI is InChI=1S/C24H30N2O3/c1-18(27)26-23(20-11-5-6-12-20)24(28)25-15-21-13-7-8-14-22(21)17-29-16-19-9-3-2-4-10-19/h2-4,7-10,13-14,20,23H,5-6,11-12,15-17H2,1H3,(H,25,28)(H,26,27). The molecule has 0 bridgehead atoms. The van der Waals surface area contributed by atoms with Gasteiger partial charge in [-0.25, -0.2) is 0 Å². The molecule has 5 heteroatoms. The molecule has 1 aliphatic carbocycles. The number of amides is 2. The van der Waals surface area contributed by atoms with Crippen LogP contribution < -0.4 is 10.6 Å². The SMILES string of the molecule is CC(=O)NC(C(=O)NCc1ccccc1COCc1ccccc1)C1CCCC1. The third-order valence-electron chi connectivity index (χ3n) is 5.45. The van der Waals surface area contributed by atoms with E-state index >= 15 is 0 Å². The molecule has 2 amide bonds. The largest absolute Gasteiger partial charge is 0.372 e. The van der Waals surface area contributed by atoms with Crippen LogP contribution in [0.2, 0.25) is 0 Å². The van der Waals surface area contributed by atoms with E-state index in [-0.39, 0.29) is 17.7 Å². The lowest BCUT2D eigenvalue weighted by Gasteiger charge is -2.23. The molecule has 1 unspecified atom stereocenters. The predicted molar refractivity (Wildman–Crippen MR) is 113 cm³/mol. The molecule has 1 saturated carbocycles.